The van der Waals surface area contributed by atoms with Crippen LogP contribution in [0.4, 0.5) is 5.69 Å². The van der Waals surface area contributed by atoms with Crippen LogP contribution in [-0.4, -0.2) is 38.0 Å². The summed E-state index contributed by atoms with van der Waals surface area (Å²) in [6.45, 7) is 4.23. The first-order valence-corrected chi connectivity index (χ1v) is 7.73. The first kappa shape index (κ1) is 14.8. The molecule has 1 aliphatic rings. The largest absolute Gasteiger partial charge is 0.399 e. The first-order chi connectivity index (χ1) is 9.36. The Labute approximate surface area is 118 Å². The molecule has 0 bridgehead atoms. The third kappa shape index (κ3) is 2.63. The van der Waals surface area contributed by atoms with E-state index in [1.54, 1.807) is 6.92 Å². The molecule has 0 aliphatic carbocycles. The minimum absolute atomic E-state index is 0.00449. The van der Waals surface area contributed by atoms with E-state index in [9.17, 15) is 8.42 Å². The average molecular weight is 295 g/mol. The van der Waals surface area contributed by atoms with Gasteiger partial charge in [-0.3, -0.25) is 0 Å². The fraction of sp³-hybridized carbons (Fsp3) is 0.462. The number of anilines is 1. The van der Waals surface area contributed by atoms with Crippen LogP contribution in [0.2, 0.25) is 0 Å². The van der Waals surface area contributed by atoms with E-state index in [-0.39, 0.29) is 29.1 Å². The van der Waals surface area contributed by atoms with Gasteiger partial charge in [-0.1, -0.05) is 0 Å². The minimum atomic E-state index is -3.73. The lowest BCUT2D eigenvalue weighted by Crippen LogP contribution is -2.50. The highest BCUT2D eigenvalue weighted by molar-refractivity contribution is 7.89. The van der Waals surface area contributed by atoms with Crippen LogP contribution < -0.4 is 5.73 Å². The quantitative estimate of drug-likeness (QED) is 0.819. The van der Waals surface area contributed by atoms with Crippen LogP contribution in [0.15, 0.2) is 23.1 Å². The van der Waals surface area contributed by atoms with E-state index < -0.39 is 10.0 Å². The summed E-state index contributed by atoms with van der Waals surface area (Å²) in [4.78, 5) is -0.00449. The number of nitrogens with two attached hydrogens (primary N) is 1. The normalized spacial score (nSPS) is 24.2. The van der Waals surface area contributed by atoms with E-state index in [0.717, 1.165) is 0 Å². The summed E-state index contributed by atoms with van der Waals surface area (Å²) in [5, 5.41) is 9.11. The molecule has 2 rings (SSSR count). The monoisotopic (exact) mass is 295 g/mol. The van der Waals surface area contributed by atoms with Gasteiger partial charge in [0.2, 0.25) is 10.0 Å². The summed E-state index contributed by atoms with van der Waals surface area (Å²) in [7, 11) is -3.73. The summed E-state index contributed by atoms with van der Waals surface area (Å²) in [6, 6.07) is 5.88. The predicted octanol–water partition coefficient (Wildman–Crippen LogP) is 0.938. The van der Waals surface area contributed by atoms with E-state index in [2.05, 4.69) is 0 Å². The van der Waals surface area contributed by atoms with E-state index in [1.165, 1.54) is 22.5 Å². The number of nitrogens with zero attached hydrogens (tertiary/aromatic N) is 2. The molecule has 1 aromatic rings. The number of nitrogen functional groups attached to an aromatic ring is 1. The van der Waals surface area contributed by atoms with Gasteiger partial charge in [0.05, 0.1) is 18.3 Å². The van der Waals surface area contributed by atoms with Crippen LogP contribution in [0.3, 0.4) is 0 Å². The highest BCUT2D eigenvalue weighted by Gasteiger charge is 2.35. The standard InChI is InChI=1S/C13H17N3O3S/c1-9-8-19-10(2)7-16(9)20(17,18)13-4-3-12(15)5-11(13)6-14/h3-5,9-10H,7-8,15H2,1-2H3. The van der Waals surface area contributed by atoms with Gasteiger partial charge in [-0.15, -0.1) is 0 Å². The number of hydrogen-bond donors (Lipinski definition) is 1. The second-order valence-electron chi connectivity index (χ2n) is 4.94. The van der Waals surface area contributed by atoms with Gasteiger partial charge in [-0.2, -0.15) is 9.57 Å². The van der Waals surface area contributed by atoms with Crippen LogP contribution in [0.25, 0.3) is 0 Å². The number of hydrogen-bond acceptors (Lipinski definition) is 5. The van der Waals surface area contributed by atoms with Crippen molar-refractivity contribution in [3.63, 3.8) is 0 Å². The Hall–Kier alpha value is -1.62. The Kier molecular flexibility index (Phi) is 3.99. The highest BCUT2D eigenvalue weighted by atomic mass is 32.2. The molecule has 1 aromatic carbocycles. The molecule has 2 unspecified atom stereocenters. The molecule has 2 atom stereocenters. The molecule has 7 heteroatoms. The molecule has 1 aliphatic heterocycles. The predicted molar refractivity (Wildman–Crippen MR) is 74.3 cm³/mol. The minimum Gasteiger partial charge on any atom is -0.399 e. The van der Waals surface area contributed by atoms with Crippen LogP contribution >= 0.6 is 0 Å². The maximum atomic E-state index is 12.7. The number of ether oxygens (including phenoxy) is 1. The smallest absolute Gasteiger partial charge is 0.244 e. The van der Waals surface area contributed by atoms with Gasteiger partial charge < -0.3 is 10.5 Å². The number of rotatable bonds is 2. The van der Waals surface area contributed by atoms with Gasteiger partial charge in [-0.05, 0) is 32.0 Å². The molecule has 0 amide bonds. The summed E-state index contributed by atoms with van der Waals surface area (Å²) in [5.41, 5.74) is 6.03. The van der Waals surface area contributed by atoms with Gasteiger partial charge in [0.25, 0.3) is 0 Å². The van der Waals surface area contributed by atoms with Crippen molar-refractivity contribution in [1.29, 1.82) is 5.26 Å². The van der Waals surface area contributed by atoms with Crippen molar-refractivity contribution in [3.8, 4) is 6.07 Å². The number of benzene rings is 1. The van der Waals surface area contributed by atoms with Crippen LogP contribution in [0.5, 0.6) is 0 Å². The van der Waals surface area contributed by atoms with Crippen molar-refractivity contribution < 1.29 is 13.2 Å². The molecular formula is C13H17N3O3S. The first-order valence-electron chi connectivity index (χ1n) is 6.29. The Morgan fingerprint density at radius 3 is 2.80 bits per heavy atom. The van der Waals surface area contributed by atoms with Crippen molar-refractivity contribution in [2.75, 3.05) is 18.9 Å². The SMILES string of the molecule is CC1CN(S(=O)(=O)c2ccc(N)cc2C#N)C(C)CO1. The zero-order chi connectivity index (χ0) is 14.9. The summed E-state index contributed by atoms with van der Waals surface area (Å²) >= 11 is 0. The Morgan fingerprint density at radius 2 is 2.15 bits per heavy atom. The summed E-state index contributed by atoms with van der Waals surface area (Å²) in [6.07, 6.45) is -0.166. The maximum absolute atomic E-state index is 12.7. The molecule has 1 fully saturated rings. The van der Waals surface area contributed by atoms with E-state index >= 15 is 0 Å². The van der Waals surface area contributed by atoms with Crippen LogP contribution in [-0.2, 0) is 14.8 Å². The van der Waals surface area contributed by atoms with Crippen molar-refractivity contribution in [1.82, 2.24) is 4.31 Å². The van der Waals surface area contributed by atoms with Crippen molar-refractivity contribution in [2.45, 2.75) is 30.9 Å². The van der Waals surface area contributed by atoms with Crippen molar-refractivity contribution in [3.05, 3.63) is 23.8 Å². The average Bonchev–Trinajstić information content (AvgIpc) is 2.40. The molecule has 0 aromatic heterocycles. The third-order valence-corrected chi connectivity index (χ3v) is 5.30. The van der Waals surface area contributed by atoms with Crippen molar-refractivity contribution in [2.24, 2.45) is 0 Å². The second kappa shape index (κ2) is 5.40. The van der Waals surface area contributed by atoms with E-state index in [1.807, 2.05) is 13.0 Å². The van der Waals surface area contributed by atoms with Gasteiger partial charge in [0.15, 0.2) is 0 Å². The Balaban J connectivity index is 2.47. The number of morpholine rings is 1. The summed E-state index contributed by atoms with van der Waals surface area (Å²) in [5.74, 6) is 0. The van der Waals surface area contributed by atoms with Gasteiger partial charge in [0, 0.05) is 18.3 Å². The molecule has 1 saturated heterocycles. The van der Waals surface area contributed by atoms with E-state index in [4.69, 9.17) is 15.7 Å². The molecule has 6 nitrogen and oxygen atoms in total. The zero-order valence-corrected chi connectivity index (χ0v) is 12.2. The van der Waals surface area contributed by atoms with E-state index in [0.29, 0.717) is 12.3 Å². The van der Waals surface area contributed by atoms with Gasteiger partial charge in [0.1, 0.15) is 11.0 Å². The molecule has 0 radical (unpaired) electrons. The number of sulfonamides is 1. The third-order valence-electron chi connectivity index (χ3n) is 3.26. The summed E-state index contributed by atoms with van der Waals surface area (Å²) < 4.78 is 32.2. The number of nitriles is 1. The molecule has 1 heterocycles. The van der Waals surface area contributed by atoms with Gasteiger partial charge >= 0.3 is 0 Å². The van der Waals surface area contributed by atoms with Crippen LogP contribution in [0.1, 0.15) is 19.4 Å². The van der Waals surface area contributed by atoms with Gasteiger partial charge in [-0.25, -0.2) is 8.42 Å². The fourth-order valence-electron chi connectivity index (χ4n) is 2.19. The fourth-order valence-corrected chi connectivity index (χ4v) is 4.01. The molecule has 108 valence electrons. The Morgan fingerprint density at radius 1 is 1.45 bits per heavy atom. The highest BCUT2D eigenvalue weighted by Crippen LogP contribution is 2.26. The molecule has 0 saturated carbocycles. The molecule has 2 N–H and O–H groups in total. The topological polar surface area (TPSA) is 96.4 Å². The Bertz CT molecular complexity index is 651. The maximum Gasteiger partial charge on any atom is 0.244 e. The van der Waals surface area contributed by atoms with Crippen LogP contribution in [0, 0.1) is 11.3 Å². The zero-order valence-electron chi connectivity index (χ0n) is 11.4. The molecular weight excluding hydrogens is 278 g/mol. The lowest BCUT2D eigenvalue weighted by Gasteiger charge is -2.35. The molecule has 0 spiro atoms. The lowest BCUT2D eigenvalue weighted by atomic mass is 10.2. The van der Waals surface area contributed by atoms with Crippen molar-refractivity contribution >= 4 is 15.7 Å². The molecule has 20 heavy (non-hydrogen) atoms. The second-order valence-corrected chi connectivity index (χ2v) is 6.79. The lowest BCUT2D eigenvalue weighted by molar-refractivity contribution is -0.0170.